The number of imide groups is 1. The summed E-state index contributed by atoms with van der Waals surface area (Å²) in [6.45, 7) is 5.12. The van der Waals surface area contributed by atoms with Crippen LogP contribution in [0.5, 0.6) is 0 Å². The van der Waals surface area contributed by atoms with Gasteiger partial charge in [-0.3, -0.25) is 19.3 Å². The van der Waals surface area contributed by atoms with Gasteiger partial charge >= 0.3 is 0 Å². The standard InChI is InChI=1S/C24H27N3O3.ClH/c1-16-7-6-8-17(2)22(16)27-21(28)15-20(24(27)30)26-13-11-18(12-14-26)23(29)25-19-9-4-3-5-10-19;/h3-10,18,20H,11-15H2,1-2H3,(H,25,29);1H. The maximum absolute atomic E-state index is 13.2. The highest BCUT2D eigenvalue weighted by Gasteiger charge is 2.44. The Morgan fingerprint density at radius 2 is 1.55 bits per heavy atom. The van der Waals surface area contributed by atoms with E-state index in [2.05, 4.69) is 10.2 Å². The van der Waals surface area contributed by atoms with Gasteiger partial charge in [-0.15, -0.1) is 12.4 Å². The topological polar surface area (TPSA) is 69.7 Å². The smallest absolute Gasteiger partial charge is 0.251 e. The molecule has 0 aliphatic carbocycles. The minimum absolute atomic E-state index is 0. The third-order valence-corrected chi connectivity index (χ3v) is 6.17. The van der Waals surface area contributed by atoms with Crippen molar-refractivity contribution in [2.24, 2.45) is 5.92 Å². The van der Waals surface area contributed by atoms with Crippen LogP contribution >= 0.6 is 12.4 Å². The van der Waals surface area contributed by atoms with Gasteiger partial charge in [-0.05, 0) is 63.0 Å². The molecule has 2 aromatic carbocycles. The first-order valence-corrected chi connectivity index (χ1v) is 10.5. The normalized spacial score (nSPS) is 19.9. The van der Waals surface area contributed by atoms with E-state index in [-0.39, 0.29) is 42.5 Å². The van der Waals surface area contributed by atoms with Gasteiger partial charge in [-0.2, -0.15) is 0 Å². The van der Waals surface area contributed by atoms with E-state index in [1.807, 2.05) is 62.4 Å². The highest BCUT2D eigenvalue weighted by Crippen LogP contribution is 2.32. The Morgan fingerprint density at radius 3 is 2.16 bits per heavy atom. The molecule has 1 atom stereocenters. The van der Waals surface area contributed by atoms with Gasteiger partial charge < -0.3 is 5.32 Å². The lowest BCUT2D eigenvalue weighted by atomic mass is 9.94. The van der Waals surface area contributed by atoms with E-state index in [1.54, 1.807) is 0 Å². The highest BCUT2D eigenvalue weighted by atomic mass is 35.5. The Balaban J connectivity index is 0.00000272. The zero-order valence-corrected chi connectivity index (χ0v) is 18.7. The molecule has 2 heterocycles. The average molecular weight is 442 g/mol. The molecule has 164 valence electrons. The summed E-state index contributed by atoms with van der Waals surface area (Å²) in [5, 5.41) is 2.97. The van der Waals surface area contributed by atoms with Gasteiger partial charge in [-0.25, -0.2) is 4.90 Å². The molecule has 0 bridgehead atoms. The van der Waals surface area contributed by atoms with Crippen LogP contribution in [-0.4, -0.2) is 41.8 Å². The Labute approximate surface area is 189 Å². The summed E-state index contributed by atoms with van der Waals surface area (Å²) < 4.78 is 0. The number of halogens is 1. The Kier molecular flexibility index (Phi) is 7.13. The summed E-state index contributed by atoms with van der Waals surface area (Å²) in [7, 11) is 0. The lowest BCUT2D eigenvalue weighted by Gasteiger charge is -2.34. The molecule has 0 spiro atoms. The number of likely N-dealkylation sites (tertiary alicyclic amines) is 1. The second-order valence-electron chi connectivity index (χ2n) is 8.19. The summed E-state index contributed by atoms with van der Waals surface area (Å²) >= 11 is 0. The van der Waals surface area contributed by atoms with Crippen molar-refractivity contribution < 1.29 is 14.4 Å². The fourth-order valence-corrected chi connectivity index (χ4v) is 4.53. The molecule has 4 rings (SSSR count). The van der Waals surface area contributed by atoms with Crippen LogP contribution in [0.15, 0.2) is 48.5 Å². The maximum Gasteiger partial charge on any atom is 0.251 e. The summed E-state index contributed by atoms with van der Waals surface area (Å²) in [4.78, 5) is 41.9. The quantitative estimate of drug-likeness (QED) is 0.734. The van der Waals surface area contributed by atoms with Crippen molar-refractivity contribution >= 4 is 41.5 Å². The van der Waals surface area contributed by atoms with Crippen molar-refractivity contribution in [3.05, 3.63) is 59.7 Å². The molecule has 2 aliphatic heterocycles. The molecular formula is C24H28ClN3O3. The number of rotatable bonds is 4. The second-order valence-corrected chi connectivity index (χ2v) is 8.19. The number of para-hydroxylation sites is 2. The fourth-order valence-electron chi connectivity index (χ4n) is 4.53. The van der Waals surface area contributed by atoms with Gasteiger partial charge in [0.2, 0.25) is 11.8 Å². The average Bonchev–Trinajstić information content (AvgIpc) is 3.03. The SMILES string of the molecule is Cc1cccc(C)c1N1C(=O)CC(N2CCC(C(=O)Nc3ccccc3)CC2)C1=O.Cl. The molecule has 2 aliphatic rings. The molecule has 3 amide bonds. The number of aryl methyl sites for hydroxylation is 2. The van der Waals surface area contributed by atoms with E-state index in [9.17, 15) is 14.4 Å². The molecular weight excluding hydrogens is 414 g/mol. The Bertz CT molecular complexity index is 951. The lowest BCUT2D eigenvalue weighted by molar-refractivity contribution is -0.123. The zero-order chi connectivity index (χ0) is 21.3. The molecule has 2 fully saturated rings. The van der Waals surface area contributed by atoms with Crippen LogP contribution in [0, 0.1) is 19.8 Å². The van der Waals surface area contributed by atoms with Crippen LogP contribution in [-0.2, 0) is 14.4 Å². The minimum Gasteiger partial charge on any atom is -0.326 e. The van der Waals surface area contributed by atoms with Crippen LogP contribution in [0.25, 0.3) is 0 Å². The molecule has 6 nitrogen and oxygen atoms in total. The monoisotopic (exact) mass is 441 g/mol. The van der Waals surface area contributed by atoms with Crippen molar-refractivity contribution in [1.82, 2.24) is 4.90 Å². The van der Waals surface area contributed by atoms with Gasteiger partial charge in [0.05, 0.1) is 18.2 Å². The largest absolute Gasteiger partial charge is 0.326 e. The Hall–Kier alpha value is -2.70. The molecule has 0 saturated carbocycles. The van der Waals surface area contributed by atoms with E-state index < -0.39 is 6.04 Å². The number of carbonyl (C=O) groups is 3. The molecule has 31 heavy (non-hydrogen) atoms. The number of benzene rings is 2. The highest BCUT2D eigenvalue weighted by molar-refractivity contribution is 6.23. The summed E-state index contributed by atoms with van der Waals surface area (Å²) in [6, 6.07) is 14.8. The van der Waals surface area contributed by atoms with Crippen LogP contribution in [0.1, 0.15) is 30.4 Å². The summed E-state index contributed by atoms with van der Waals surface area (Å²) in [5.74, 6) is -0.355. The number of amides is 3. The number of hydrogen-bond acceptors (Lipinski definition) is 4. The van der Waals surface area contributed by atoms with Crippen LogP contribution in [0.2, 0.25) is 0 Å². The first kappa shape index (κ1) is 23.0. The van der Waals surface area contributed by atoms with E-state index in [0.29, 0.717) is 31.6 Å². The zero-order valence-electron chi connectivity index (χ0n) is 17.8. The van der Waals surface area contributed by atoms with Gasteiger partial charge in [0.15, 0.2) is 0 Å². The molecule has 2 saturated heterocycles. The van der Waals surface area contributed by atoms with E-state index in [1.165, 1.54) is 4.90 Å². The first-order valence-electron chi connectivity index (χ1n) is 10.5. The predicted octanol–water partition coefficient (Wildman–Crippen LogP) is 3.71. The number of hydrogen-bond donors (Lipinski definition) is 1. The molecule has 0 radical (unpaired) electrons. The van der Waals surface area contributed by atoms with E-state index >= 15 is 0 Å². The van der Waals surface area contributed by atoms with Gasteiger partial charge in [0.25, 0.3) is 5.91 Å². The predicted molar refractivity (Wildman–Crippen MR) is 123 cm³/mol. The van der Waals surface area contributed by atoms with Crippen molar-refractivity contribution in [3.63, 3.8) is 0 Å². The van der Waals surface area contributed by atoms with Crippen molar-refractivity contribution in [2.75, 3.05) is 23.3 Å². The van der Waals surface area contributed by atoms with Gasteiger partial charge in [0.1, 0.15) is 0 Å². The van der Waals surface area contributed by atoms with Crippen molar-refractivity contribution in [1.29, 1.82) is 0 Å². The molecule has 1 unspecified atom stereocenters. The molecule has 2 aromatic rings. The second kappa shape index (κ2) is 9.62. The maximum atomic E-state index is 13.2. The summed E-state index contributed by atoms with van der Waals surface area (Å²) in [6.07, 6.45) is 1.56. The molecule has 0 aromatic heterocycles. The van der Waals surface area contributed by atoms with Crippen LogP contribution in [0.3, 0.4) is 0 Å². The van der Waals surface area contributed by atoms with E-state index in [0.717, 1.165) is 16.8 Å². The van der Waals surface area contributed by atoms with E-state index in [4.69, 9.17) is 0 Å². The first-order chi connectivity index (χ1) is 14.5. The van der Waals surface area contributed by atoms with Gasteiger partial charge in [-0.1, -0.05) is 36.4 Å². The van der Waals surface area contributed by atoms with Crippen LogP contribution < -0.4 is 10.2 Å². The van der Waals surface area contributed by atoms with Crippen molar-refractivity contribution in [3.8, 4) is 0 Å². The molecule has 7 heteroatoms. The minimum atomic E-state index is -0.436. The lowest BCUT2D eigenvalue weighted by Crippen LogP contribution is -2.47. The number of carbonyl (C=O) groups excluding carboxylic acids is 3. The number of piperidine rings is 1. The third kappa shape index (κ3) is 4.65. The number of anilines is 2. The van der Waals surface area contributed by atoms with Gasteiger partial charge in [0, 0.05) is 11.6 Å². The number of nitrogens with one attached hydrogen (secondary N) is 1. The fraction of sp³-hybridized carbons (Fsp3) is 0.375. The van der Waals surface area contributed by atoms with Crippen molar-refractivity contribution in [2.45, 2.75) is 39.2 Å². The summed E-state index contributed by atoms with van der Waals surface area (Å²) in [5.41, 5.74) is 3.36. The number of nitrogens with zero attached hydrogens (tertiary/aromatic N) is 2. The van der Waals surface area contributed by atoms with Crippen LogP contribution in [0.4, 0.5) is 11.4 Å². The Morgan fingerprint density at radius 1 is 0.935 bits per heavy atom. The molecule has 1 N–H and O–H groups in total. The third-order valence-electron chi connectivity index (χ3n) is 6.17.